The average molecular weight is 351 g/mol. The van der Waals surface area contributed by atoms with Gasteiger partial charge in [-0.1, -0.05) is 0 Å². The first-order chi connectivity index (χ1) is 11.6. The predicted molar refractivity (Wildman–Crippen MR) is 83.8 cm³/mol. The van der Waals surface area contributed by atoms with Crippen molar-refractivity contribution < 1.29 is 13.2 Å². The van der Waals surface area contributed by atoms with E-state index in [1.165, 1.54) is 12.1 Å². The molecule has 9 heteroatoms. The summed E-state index contributed by atoms with van der Waals surface area (Å²) in [5.74, 6) is 0.494. The summed E-state index contributed by atoms with van der Waals surface area (Å²) in [4.78, 5) is 1.01. The number of rotatable bonds is 3. The van der Waals surface area contributed by atoms with Crippen LogP contribution >= 0.6 is 11.8 Å². The Hall–Kier alpha value is -2.29. The molecular weight excluding hydrogens is 339 g/mol. The lowest BCUT2D eigenvalue weighted by Gasteiger charge is -2.26. The molecule has 0 saturated heterocycles. The summed E-state index contributed by atoms with van der Waals surface area (Å²) in [5, 5.41) is 14.5. The molecule has 0 spiro atoms. The first-order valence-corrected chi connectivity index (χ1v) is 8.29. The van der Waals surface area contributed by atoms with Gasteiger partial charge in [0.1, 0.15) is 11.6 Å². The van der Waals surface area contributed by atoms with E-state index in [0.717, 1.165) is 27.1 Å². The maximum Gasteiger partial charge on any atom is 0.299 e. The topological polar surface area (TPSA) is 55.1 Å². The maximum atomic E-state index is 13.6. The van der Waals surface area contributed by atoms with Gasteiger partial charge in [0.05, 0.1) is 6.04 Å². The Balaban J connectivity index is 1.68. The van der Waals surface area contributed by atoms with E-state index in [9.17, 15) is 13.2 Å². The van der Waals surface area contributed by atoms with Crippen molar-refractivity contribution in [2.45, 2.75) is 23.8 Å². The van der Waals surface area contributed by atoms with Gasteiger partial charge in [0.25, 0.3) is 6.43 Å². The molecule has 1 unspecified atom stereocenters. The fourth-order valence-electron chi connectivity index (χ4n) is 2.71. The van der Waals surface area contributed by atoms with Crippen molar-refractivity contribution in [2.75, 3.05) is 11.1 Å². The number of fused-ring (bicyclic) bond motifs is 2. The third kappa shape index (κ3) is 2.68. The van der Waals surface area contributed by atoms with Crippen LogP contribution in [0.5, 0.6) is 0 Å². The number of aromatic nitrogens is 4. The zero-order chi connectivity index (χ0) is 16.7. The van der Waals surface area contributed by atoms with Crippen LogP contribution in [0.1, 0.15) is 30.3 Å². The molecule has 0 fully saturated rings. The minimum absolute atomic E-state index is 0.131. The van der Waals surface area contributed by atoms with E-state index in [1.54, 1.807) is 30.0 Å². The molecule has 3 heterocycles. The highest BCUT2D eigenvalue weighted by atomic mass is 32.2. The summed E-state index contributed by atoms with van der Waals surface area (Å²) < 4.78 is 40.5. The fourth-order valence-corrected chi connectivity index (χ4v) is 3.82. The van der Waals surface area contributed by atoms with Crippen LogP contribution < -0.4 is 5.32 Å². The molecule has 0 amide bonds. The van der Waals surface area contributed by atoms with Crippen molar-refractivity contribution in [2.24, 2.45) is 0 Å². The molecule has 0 aliphatic carbocycles. The van der Waals surface area contributed by atoms with Crippen molar-refractivity contribution in [3.63, 3.8) is 0 Å². The van der Waals surface area contributed by atoms with E-state index < -0.39 is 12.2 Å². The number of nitrogens with one attached hydrogen (secondary N) is 1. The molecule has 5 nitrogen and oxygen atoms in total. The molecule has 1 N–H and O–H groups in total. The van der Waals surface area contributed by atoms with Crippen LogP contribution in [0.25, 0.3) is 5.65 Å². The Bertz CT molecular complexity index is 898. The third-order valence-electron chi connectivity index (χ3n) is 3.82. The minimum Gasteiger partial charge on any atom is -0.362 e. The molecule has 4 rings (SSSR count). The molecular formula is C15H12F3N5S. The van der Waals surface area contributed by atoms with Gasteiger partial charge in [-0.05, 0) is 42.3 Å². The average Bonchev–Trinajstić information content (AvgIpc) is 2.99. The normalized spacial score (nSPS) is 17.2. The van der Waals surface area contributed by atoms with Crippen LogP contribution in [-0.2, 0) is 0 Å². The maximum absolute atomic E-state index is 13.6. The van der Waals surface area contributed by atoms with Gasteiger partial charge in [0.2, 0.25) is 5.82 Å². The zero-order valence-corrected chi connectivity index (χ0v) is 13.1. The van der Waals surface area contributed by atoms with Crippen molar-refractivity contribution in [1.82, 2.24) is 19.8 Å². The van der Waals surface area contributed by atoms with Crippen LogP contribution in [0, 0.1) is 5.82 Å². The number of hydrogen-bond acceptors (Lipinski definition) is 5. The summed E-state index contributed by atoms with van der Waals surface area (Å²) in [6.07, 6.45) is -1.98. The lowest BCUT2D eigenvalue weighted by molar-refractivity contribution is 0.137. The Morgan fingerprint density at radius 2 is 2.08 bits per heavy atom. The standard InChI is InChI=1S/C15H12F3N5S/c16-8-1-2-11-9(7-8)10(5-6-24-11)19-12-3-4-13-20-21-15(14(17)18)23(13)22-12/h1-4,7,10,14H,5-6H2,(H,19,22). The lowest BCUT2D eigenvalue weighted by Crippen LogP contribution is -2.17. The molecule has 124 valence electrons. The SMILES string of the molecule is Fc1ccc2c(c1)C(Nc1ccc3nnc(C(F)F)n3n1)CCS2. The molecule has 0 radical (unpaired) electrons. The van der Waals surface area contributed by atoms with Crippen molar-refractivity contribution in [3.05, 3.63) is 47.5 Å². The van der Waals surface area contributed by atoms with Gasteiger partial charge in [0.15, 0.2) is 5.65 Å². The van der Waals surface area contributed by atoms with Crippen LogP contribution in [-0.4, -0.2) is 25.6 Å². The van der Waals surface area contributed by atoms with Crippen LogP contribution in [0.4, 0.5) is 19.0 Å². The largest absolute Gasteiger partial charge is 0.362 e. The van der Waals surface area contributed by atoms with Gasteiger partial charge in [-0.25, -0.2) is 13.2 Å². The smallest absolute Gasteiger partial charge is 0.299 e. The predicted octanol–water partition coefficient (Wildman–Crippen LogP) is 3.85. The Morgan fingerprint density at radius 3 is 2.92 bits per heavy atom. The second-order valence-electron chi connectivity index (χ2n) is 5.36. The number of anilines is 1. The van der Waals surface area contributed by atoms with Gasteiger partial charge < -0.3 is 5.32 Å². The number of hydrogen-bond donors (Lipinski definition) is 1. The Morgan fingerprint density at radius 1 is 1.21 bits per heavy atom. The molecule has 0 saturated carbocycles. The second kappa shape index (κ2) is 5.97. The quantitative estimate of drug-likeness (QED) is 0.777. The van der Waals surface area contributed by atoms with Gasteiger partial charge in [-0.3, -0.25) is 0 Å². The van der Waals surface area contributed by atoms with E-state index in [4.69, 9.17) is 0 Å². The van der Waals surface area contributed by atoms with Crippen molar-refractivity contribution in [3.8, 4) is 0 Å². The molecule has 24 heavy (non-hydrogen) atoms. The van der Waals surface area contributed by atoms with E-state index in [-0.39, 0.29) is 17.5 Å². The number of nitrogens with zero attached hydrogens (tertiary/aromatic N) is 4. The molecule has 2 aromatic heterocycles. The number of alkyl halides is 2. The molecule has 1 aromatic carbocycles. The highest BCUT2D eigenvalue weighted by Gasteiger charge is 2.22. The van der Waals surface area contributed by atoms with E-state index in [1.807, 2.05) is 0 Å². The number of thioether (sulfide) groups is 1. The minimum atomic E-state index is -2.76. The first-order valence-electron chi connectivity index (χ1n) is 7.31. The Labute approximate surface area is 139 Å². The van der Waals surface area contributed by atoms with Crippen molar-refractivity contribution >= 4 is 23.2 Å². The lowest BCUT2D eigenvalue weighted by atomic mass is 10.0. The molecule has 0 bridgehead atoms. The fraction of sp³-hybridized carbons (Fsp3) is 0.267. The third-order valence-corrected chi connectivity index (χ3v) is 4.94. The van der Waals surface area contributed by atoms with Crippen LogP contribution in [0.2, 0.25) is 0 Å². The highest BCUT2D eigenvalue weighted by molar-refractivity contribution is 7.99. The summed E-state index contributed by atoms with van der Waals surface area (Å²) >= 11 is 1.67. The van der Waals surface area contributed by atoms with Crippen molar-refractivity contribution in [1.29, 1.82) is 0 Å². The first kappa shape index (κ1) is 15.3. The molecule has 3 aromatic rings. The Kier molecular flexibility index (Phi) is 3.79. The number of halogens is 3. The van der Waals surface area contributed by atoms with Gasteiger partial charge >= 0.3 is 0 Å². The van der Waals surface area contributed by atoms with E-state index in [0.29, 0.717) is 5.82 Å². The second-order valence-corrected chi connectivity index (χ2v) is 6.50. The summed E-state index contributed by atoms with van der Waals surface area (Å²) in [6, 6.07) is 7.78. The summed E-state index contributed by atoms with van der Waals surface area (Å²) in [5.41, 5.74) is 1.10. The van der Waals surface area contributed by atoms with Crippen LogP contribution in [0.3, 0.4) is 0 Å². The van der Waals surface area contributed by atoms with Crippen LogP contribution in [0.15, 0.2) is 35.2 Å². The number of benzene rings is 1. The van der Waals surface area contributed by atoms with Gasteiger partial charge in [-0.2, -0.15) is 4.52 Å². The molecule has 1 atom stereocenters. The van der Waals surface area contributed by atoms with Gasteiger partial charge in [0, 0.05) is 10.6 Å². The van der Waals surface area contributed by atoms with Gasteiger partial charge in [-0.15, -0.1) is 27.1 Å². The summed E-state index contributed by atoms with van der Waals surface area (Å²) in [7, 11) is 0. The monoisotopic (exact) mass is 351 g/mol. The summed E-state index contributed by atoms with van der Waals surface area (Å²) in [6.45, 7) is 0. The molecule has 1 aliphatic heterocycles. The van der Waals surface area contributed by atoms with E-state index in [2.05, 4.69) is 20.6 Å². The van der Waals surface area contributed by atoms with E-state index >= 15 is 0 Å². The zero-order valence-electron chi connectivity index (χ0n) is 12.3. The molecule has 1 aliphatic rings. The highest BCUT2D eigenvalue weighted by Crippen LogP contribution is 2.38.